The van der Waals surface area contributed by atoms with E-state index in [0.29, 0.717) is 12.2 Å². The lowest BCUT2D eigenvalue weighted by atomic mass is 10.1. The van der Waals surface area contributed by atoms with Crippen molar-refractivity contribution in [2.45, 2.75) is 64.8 Å². The van der Waals surface area contributed by atoms with Crippen molar-refractivity contribution in [2.75, 3.05) is 11.5 Å². The third-order valence-electron chi connectivity index (χ3n) is 3.39. The van der Waals surface area contributed by atoms with Crippen LogP contribution in [0.2, 0.25) is 0 Å². The Labute approximate surface area is 115 Å². The topological polar surface area (TPSA) is 74.0 Å². The molecule has 0 amide bonds. The third-order valence-corrected chi connectivity index (χ3v) is 3.39. The molecule has 0 spiro atoms. The Kier molecular flexibility index (Phi) is 7.08. The molecule has 0 aliphatic carbocycles. The normalized spacial score (nSPS) is 10.8. The van der Waals surface area contributed by atoms with Gasteiger partial charge in [-0.05, 0) is 12.5 Å². The first-order valence-electron chi connectivity index (χ1n) is 7.40. The number of nitrogens with two attached hydrogens (primary N) is 2. The van der Waals surface area contributed by atoms with Gasteiger partial charge in [-0.25, -0.2) is 0 Å². The molecule has 4 nitrogen and oxygen atoms in total. The predicted molar refractivity (Wildman–Crippen MR) is 82.1 cm³/mol. The van der Waals surface area contributed by atoms with Crippen molar-refractivity contribution in [1.29, 1.82) is 0 Å². The maximum Gasteiger partial charge on any atom is 0.273 e. The third kappa shape index (κ3) is 5.81. The molecular weight excluding hydrogens is 238 g/mol. The number of pyridine rings is 1. The van der Waals surface area contributed by atoms with Crippen molar-refractivity contribution < 1.29 is 0 Å². The Morgan fingerprint density at radius 1 is 1.00 bits per heavy atom. The van der Waals surface area contributed by atoms with E-state index in [9.17, 15) is 4.79 Å². The summed E-state index contributed by atoms with van der Waals surface area (Å²) in [6, 6.07) is 1.52. The molecule has 0 radical (unpaired) electrons. The van der Waals surface area contributed by atoms with Crippen LogP contribution in [0.1, 0.15) is 58.3 Å². The maximum absolute atomic E-state index is 11.7. The molecule has 1 aromatic heterocycles. The number of aromatic nitrogens is 1. The van der Waals surface area contributed by atoms with Gasteiger partial charge in [-0.2, -0.15) is 0 Å². The number of rotatable bonds is 9. The second-order valence-corrected chi connectivity index (χ2v) is 5.20. The van der Waals surface area contributed by atoms with Gasteiger partial charge in [-0.15, -0.1) is 0 Å². The van der Waals surface area contributed by atoms with Crippen LogP contribution in [0.5, 0.6) is 0 Å². The summed E-state index contributed by atoms with van der Waals surface area (Å²) in [6.07, 6.45) is 11.7. The highest BCUT2D eigenvalue weighted by Gasteiger charge is 2.01. The molecule has 0 atom stereocenters. The van der Waals surface area contributed by atoms with Gasteiger partial charge in [-0.1, -0.05) is 51.9 Å². The summed E-state index contributed by atoms with van der Waals surface area (Å²) in [7, 11) is 0. The Morgan fingerprint density at radius 2 is 1.58 bits per heavy atom. The van der Waals surface area contributed by atoms with Crippen molar-refractivity contribution in [3.8, 4) is 0 Å². The number of aryl methyl sites for hydroxylation is 1. The smallest absolute Gasteiger partial charge is 0.273 e. The van der Waals surface area contributed by atoms with Gasteiger partial charge in [-0.3, -0.25) is 4.79 Å². The lowest BCUT2D eigenvalue weighted by molar-refractivity contribution is 0.538. The summed E-state index contributed by atoms with van der Waals surface area (Å²) in [6.45, 7) is 2.94. The molecule has 0 aliphatic heterocycles. The van der Waals surface area contributed by atoms with Crippen LogP contribution < -0.4 is 17.0 Å². The molecule has 19 heavy (non-hydrogen) atoms. The molecule has 4 heteroatoms. The van der Waals surface area contributed by atoms with Crippen molar-refractivity contribution in [2.24, 2.45) is 0 Å². The fourth-order valence-electron chi connectivity index (χ4n) is 2.27. The molecule has 0 aromatic carbocycles. The molecule has 0 saturated carbocycles. The van der Waals surface area contributed by atoms with E-state index in [0.717, 1.165) is 12.8 Å². The zero-order valence-electron chi connectivity index (χ0n) is 12.0. The van der Waals surface area contributed by atoms with Crippen molar-refractivity contribution >= 4 is 11.4 Å². The Morgan fingerprint density at radius 3 is 2.21 bits per heavy atom. The lowest BCUT2D eigenvalue weighted by Crippen LogP contribution is -2.23. The minimum atomic E-state index is -0.128. The highest BCUT2D eigenvalue weighted by molar-refractivity contribution is 5.48. The highest BCUT2D eigenvalue weighted by atomic mass is 16.1. The maximum atomic E-state index is 11.7. The zero-order valence-corrected chi connectivity index (χ0v) is 12.0. The van der Waals surface area contributed by atoms with Crippen LogP contribution in [0.3, 0.4) is 0 Å². The predicted octanol–water partition coefficient (Wildman–Crippen LogP) is 3.15. The highest BCUT2D eigenvalue weighted by Crippen LogP contribution is 2.09. The Bertz CT molecular complexity index is 426. The molecule has 1 heterocycles. The fraction of sp³-hybridized carbons (Fsp3) is 0.667. The molecule has 0 unspecified atom stereocenters. The molecule has 1 rings (SSSR count). The van der Waals surface area contributed by atoms with Gasteiger partial charge in [0.25, 0.3) is 5.56 Å². The molecule has 0 bridgehead atoms. The number of nitrogens with zero attached hydrogens (tertiary/aromatic N) is 1. The van der Waals surface area contributed by atoms with E-state index in [2.05, 4.69) is 6.92 Å². The summed E-state index contributed by atoms with van der Waals surface area (Å²) in [5.41, 5.74) is 12.0. The van der Waals surface area contributed by atoms with E-state index in [1.54, 1.807) is 10.8 Å². The molecule has 4 N–H and O–H groups in total. The zero-order chi connectivity index (χ0) is 14.1. The number of hydrogen-bond donors (Lipinski definition) is 2. The number of unbranched alkanes of at least 4 members (excludes halogenated alkanes) is 7. The van der Waals surface area contributed by atoms with Gasteiger partial charge in [0, 0.05) is 12.7 Å². The minimum Gasteiger partial charge on any atom is -0.397 e. The Balaban J connectivity index is 2.21. The summed E-state index contributed by atoms with van der Waals surface area (Å²) < 4.78 is 1.63. The number of anilines is 2. The summed E-state index contributed by atoms with van der Waals surface area (Å²) in [4.78, 5) is 11.7. The molecule has 0 fully saturated rings. The van der Waals surface area contributed by atoms with E-state index in [1.165, 1.54) is 44.6 Å². The monoisotopic (exact) mass is 265 g/mol. The Hall–Kier alpha value is -1.45. The second kappa shape index (κ2) is 8.62. The molecule has 0 saturated heterocycles. The lowest BCUT2D eigenvalue weighted by Gasteiger charge is -2.08. The van der Waals surface area contributed by atoms with Crippen LogP contribution in [-0.2, 0) is 6.54 Å². The molecule has 108 valence electrons. The van der Waals surface area contributed by atoms with Gasteiger partial charge in [0.2, 0.25) is 0 Å². The van der Waals surface area contributed by atoms with Gasteiger partial charge >= 0.3 is 0 Å². The first kappa shape index (κ1) is 15.6. The number of hydrogen-bond acceptors (Lipinski definition) is 3. The van der Waals surface area contributed by atoms with E-state index in [4.69, 9.17) is 11.5 Å². The summed E-state index contributed by atoms with van der Waals surface area (Å²) in [5.74, 6) is 0. The van der Waals surface area contributed by atoms with Crippen LogP contribution >= 0.6 is 0 Å². The standard InChI is InChI=1S/C15H27N3O/c1-2-3-4-5-6-7-8-9-10-18-12-13(16)11-14(17)15(18)19/h11-12H,2-10,16-17H2,1H3. The van der Waals surface area contributed by atoms with Crippen LogP contribution in [0.25, 0.3) is 0 Å². The van der Waals surface area contributed by atoms with Crippen molar-refractivity contribution in [3.05, 3.63) is 22.6 Å². The van der Waals surface area contributed by atoms with Gasteiger partial charge in [0.05, 0.1) is 11.4 Å². The van der Waals surface area contributed by atoms with E-state index in [1.807, 2.05) is 0 Å². The van der Waals surface area contributed by atoms with Crippen LogP contribution in [0, 0.1) is 0 Å². The van der Waals surface area contributed by atoms with Gasteiger partial charge in [0.1, 0.15) is 0 Å². The van der Waals surface area contributed by atoms with Crippen molar-refractivity contribution in [3.63, 3.8) is 0 Å². The average molecular weight is 265 g/mol. The van der Waals surface area contributed by atoms with E-state index < -0.39 is 0 Å². The molecule has 1 aromatic rings. The van der Waals surface area contributed by atoms with Crippen LogP contribution in [0.4, 0.5) is 11.4 Å². The fourth-order valence-corrected chi connectivity index (χ4v) is 2.27. The van der Waals surface area contributed by atoms with Crippen molar-refractivity contribution in [1.82, 2.24) is 4.57 Å². The van der Waals surface area contributed by atoms with Crippen LogP contribution in [0.15, 0.2) is 17.1 Å². The largest absolute Gasteiger partial charge is 0.397 e. The SMILES string of the molecule is CCCCCCCCCCn1cc(N)cc(N)c1=O. The quantitative estimate of drug-likeness (QED) is 0.673. The summed E-state index contributed by atoms with van der Waals surface area (Å²) >= 11 is 0. The van der Waals surface area contributed by atoms with Gasteiger partial charge < -0.3 is 16.0 Å². The minimum absolute atomic E-state index is 0.128. The first-order chi connectivity index (χ1) is 9.15. The van der Waals surface area contributed by atoms with E-state index in [-0.39, 0.29) is 11.2 Å². The van der Waals surface area contributed by atoms with E-state index >= 15 is 0 Å². The molecular formula is C15H27N3O. The summed E-state index contributed by atoms with van der Waals surface area (Å²) in [5, 5.41) is 0. The first-order valence-corrected chi connectivity index (χ1v) is 7.40. The molecule has 0 aliphatic rings. The van der Waals surface area contributed by atoms with Crippen LogP contribution in [-0.4, -0.2) is 4.57 Å². The second-order valence-electron chi connectivity index (χ2n) is 5.20. The number of nitrogen functional groups attached to an aromatic ring is 2. The van der Waals surface area contributed by atoms with Gasteiger partial charge in [0.15, 0.2) is 0 Å². The average Bonchev–Trinajstić information content (AvgIpc) is 2.38.